The Bertz CT molecular complexity index is 1110. The van der Waals surface area contributed by atoms with E-state index in [1.54, 1.807) is 20.1 Å². The molecule has 1 unspecified atom stereocenters. The standard InChI is InChI=1S/C26H29N3O3/c1-18(28-25(30)12-9-19-7-10-21(32-2)11-8-19)26(31)29-15-13-20(14-16-29)23-17-27-24-6-4-3-5-22(23)24/h3-12,17-18,20,27H,13-16H2,1-2H3,(H,28,30)/b12-9+. The number of nitrogens with one attached hydrogen (secondary N) is 2. The van der Waals surface area contributed by atoms with Gasteiger partial charge in [-0.05, 0) is 61.1 Å². The Morgan fingerprint density at radius 2 is 1.84 bits per heavy atom. The van der Waals surface area contributed by atoms with E-state index in [1.165, 1.54) is 17.0 Å². The highest BCUT2D eigenvalue weighted by Gasteiger charge is 2.28. The molecule has 0 bridgehead atoms. The van der Waals surface area contributed by atoms with Crippen LogP contribution in [0.5, 0.6) is 5.75 Å². The first-order valence-electron chi connectivity index (χ1n) is 11.0. The Kier molecular flexibility index (Phi) is 6.59. The van der Waals surface area contributed by atoms with Crippen molar-refractivity contribution >= 4 is 28.8 Å². The Balaban J connectivity index is 1.28. The van der Waals surface area contributed by atoms with Crippen LogP contribution in [0, 0.1) is 0 Å². The minimum Gasteiger partial charge on any atom is -0.497 e. The zero-order valence-electron chi connectivity index (χ0n) is 18.5. The van der Waals surface area contributed by atoms with Crippen molar-refractivity contribution in [3.8, 4) is 5.75 Å². The first-order valence-corrected chi connectivity index (χ1v) is 11.0. The van der Waals surface area contributed by atoms with Crippen LogP contribution in [-0.4, -0.2) is 47.9 Å². The number of para-hydroxylation sites is 1. The normalized spacial score (nSPS) is 15.8. The molecule has 32 heavy (non-hydrogen) atoms. The number of ether oxygens (including phenoxy) is 1. The van der Waals surface area contributed by atoms with Crippen molar-refractivity contribution < 1.29 is 14.3 Å². The van der Waals surface area contributed by atoms with E-state index >= 15 is 0 Å². The highest BCUT2D eigenvalue weighted by Crippen LogP contribution is 2.33. The maximum absolute atomic E-state index is 12.9. The number of hydrogen-bond acceptors (Lipinski definition) is 3. The Morgan fingerprint density at radius 3 is 2.56 bits per heavy atom. The van der Waals surface area contributed by atoms with Crippen molar-refractivity contribution in [1.29, 1.82) is 0 Å². The lowest BCUT2D eigenvalue weighted by Crippen LogP contribution is -2.48. The predicted molar refractivity (Wildman–Crippen MR) is 126 cm³/mol. The first kappa shape index (κ1) is 21.7. The Morgan fingerprint density at radius 1 is 1.12 bits per heavy atom. The van der Waals surface area contributed by atoms with E-state index in [1.807, 2.05) is 35.2 Å². The third kappa shape index (κ3) is 4.85. The summed E-state index contributed by atoms with van der Waals surface area (Å²) < 4.78 is 5.13. The average molecular weight is 432 g/mol. The van der Waals surface area contributed by atoms with Crippen LogP contribution in [0.4, 0.5) is 0 Å². The number of carbonyl (C=O) groups is 2. The highest BCUT2D eigenvalue weighted by molar-refractivity contribution is 5.95. The zero-order valence-corrected chi connectivity index (χ0v) is 18.5. The molecule has 2 amide bonds. The quantitative estimate of drug-likeness (QED) is 0.577. The van der Waals surface area contributed by atoms with Crippen LogP contribution in [0.3, 0.4) is 0 Å². The number of hydrogen-bond donors (Lipinski definition) is 2. The van der Waals surface area contributed by atoms with Crippen LogP contribution in [0.15, 0.2) is 60.8 Å². The molecular weight excluding hydrogens is 402 g/mol. The molecular formula is C26H29N3O3. The predicted octanol–water partition coefficient (Wildman–Crippen LogP) is 4.10. The molecule has 6 heteroatoms. The smallest absolute Gasteiger partial charge is 0.244 e. The van der Waals surface area contributed by atoms with Gasteiger partial charge in [-0.1, -0.05) is 30.3 Å². The third-order valence-corrected chi connectivity index (χ3v) is 6.14. The molecule has 0 radical (unpaired) electrons. The second kappa shape index (κ2) is 9.73. The topological polar surface area (TPSA) is 74.4 Å². The van der Waals surface area contributed by atoms with Crippen LogP contribution in [0.25, 0.3) is 17.0 Å². The maximum atomic E-state index is 12.9. The van der Waals surface area contributed by atoms with E-state index in [9.17, 15) is 9.59 Å². The van der Waals surface area contributed by atoms with Crippen LogP contribution in [0.1, 0.15) is 36.8 Å². The van der Waals surface area contributed by atoms with Crippen molar-refractivity contribution in [3.63, 3.8) is 0 Å². The van der Waals surface area contributed by atoms with Crippen LogP contribution in [0.2, 0.25) is 0 Å². The number of likely N-dealkylation sites (tertiary alicyclic amines) is 1. The number of rotatable bonds is 6. The van der Waals surface area contributed by atoms with Crippen LogP contribution in [-0.2, 0) is 9.59 Å². The number of amides is 2. The lowest BCUT2D eigenvalue weighted by Gasteiger charge is -2.33. The lowest BCUT2D eigenvalue weighted by atomic mass is 9.89. The van der Waals surface area contributed by atoms with Crippen molar-refractivity contribution in [2.45, 2.75) is 31.7 Å². The molecule has 0 aliphatic carbocycles. The molecule has 2 heterocycles. The van der Waals surface area contributed by atoms with Gasteiger partial charge in [0.25, 0.3) is 0 Å². The van der Waals surface area contributed by atoms with Gasteiger partial charge in [0.05, 0.1) is 7.11 Å². The average Bonchev–Trinajstić information content (AvgIpc) is 3.27. The van der Waals surface area contributed by atoms with Gasteiger partial charge in [0.1, 0.15) is 11.8 Å². The summed E-state index contributed by atoms with van der Waals surface area (Å²) in [5, 5.41) is 4.05. The van der Waals surface area contributed by atoms with Gasteiger partial charge in [0.2, 0.25) is 11.8 Å². The molecule has 1 saturated heterocycles. The lowest BCUT2D eigenvalue weighted by molar-refractivity contribution is -0.136. The van der Waals surface area contributed by atoms with E-state index < -0.39 is 6.04 Å². The summed E-state index contributed by atoms with van der Waals surface area (Å²) in [5.41, 5.74) is 3.37. The van der Waals surface area contributed by atoms with Crippen molar-refractivity contribution in [1.82, 2.24) is 15.2 Å². The maximum Gasteiger partial charge on any atom is 0.244 e. The fourth-order valence-corrected chi connectivity index (χ4v) is 4.33. The number of H-pyrrole nitrogens is 1. The molecule has 0 saturated carbocycles. The number of piperidine rings is 1. The third-order valence-electron chi connectivity index (χ3n) is 6.14. The van der Waals surface area contributed by atoms with E-state index in [4.69, 9.17) is 4.74 Å². The number of fused-ring (bicyclic) bond motifs is 1. The number of methoxy groups -OCH3 is 1. The van der Waals surface area contributed by atoms with Gasteiger partial charge in [-0.15, -0.1) is 0 Å². The largest absolute Gasteiger partial charge is 0.497 e. The molecule has 1 aliphatic rings. The van der Waals surface area contributed by atoms with Gasteiger partial charge in [0, 0.05) is 36.3 Å². The second-order valence-electron chi connectivity index (χ2n) is 8.23. The number of aromatic nitrogens is 1. The molecule has 2 aromatic carbocycles. The second-order valence-corrected chi connectivity index (χ2v) is 8.23. The van der Waals surface area contributed by atoms with Gasteiger partial charge in [0.15, 0.2) is 0 Å². The molecule has 1 atom stereocenters. The van der Waals surface area contributed by atoms with E-state index in [2.05, 4.69) is 34.7 Å². The van der Waals surface area contributed by atoms with Crippen LogP contribution >= 0.6 is 0 Å². The summed E-state index contributed by atoms with van der Waals surface area (Å²) in [6, 6.07) is 15.2. The monoisotopic (exact) mass is 431 g/mol. The molecule has 1 aromatic heterocycles. The molecule has 0 spiro atoms. The van der Waals surface area contributed by atoms with E-state index in [0.717, 1.165) is 29.7 Å². The summed E-state index contributed by atoms with van der Waals surface area (Å²) in [7, 11) is 1.61. The first-order chi connectivity index (χ1) is 15.5. The van der Waals surface area contributed by atoms with Gasteiger partial charge in [-0.25, -0.2) is 0 Å². The Labute approximate surface area is 188 Å². The summed E-state index contributed by atoms with van der Waals surface area (Å²) in [6.45, 7) is 3.14. The summed E-state index contributed by atoms with van der Waals surface area (Å²) in [4.78, 5) is 30.3. The fourth-order valence-electron chi connectivity index (χ4n) is 4.33. The van der Waals surface area contributed by atoms with E-state index in [0.29, 0.717) is 19.0 Å². The van der Waals surface area contributed by atoms with Gasteiger partial charge in [-0.2, -0.15) is 0 Å². The number of benzene rings is 2. The van der Waals surface area contributed by atoms with E-state index in [-0.39, 0.29) is 11.8 Å². The summed E-state index contributed by atoms with van der Waals surface area (Å²) in [5.74, 6) is 0.885. The number of carbonyl (C=O) groups excluding carboxylic acids is 2. The molecule has 4 rings (SSSR count). The Hall–Kier alpha value is -3.54. The van der Waals surface area contributed by atoms with Crippen molar-refractivity contribution in [2.75, 3.05) is 20.2 Å². The molecule has 3 aromatic rings. The van der Waals surface area contributed by atoms with Gasteiger partial charge < -0.3 is 19.9 Å². The number of nitrogens with zero attached hydrogens (tertiary/aromatic N) is 1. The SMILES string of the molecule is COc1ccc(/C=C/C(=O)NC(C)C(=O)N2CCC(c3c[nH]c4ccccc34)CC2)cc1. The van der Waals surface area contributed by atoms with Gasteiger partial charge >= 0.3 is 0 Å². The van der Waals surface area contributed by atoms with Gasteiger partial charge in [-0.3, -0.25) is 9.59 Å². The summed E-state index contributed by atoms with van der Waals surface area (Å²) in [6.07, 6.45) is 7.12. The molecule has 2 N–H and O–H groups in total. The fraction of sp³-hybridized carbons (Fsp3) is 0.308. The zero-order chi connectivity index (χ0) is 22.5. The molecule has 6 nitrogen and oxygen atoms in total. The molecule has 1 aliphatic heterocycles. The highest BCUT2D eigenvalue weighted by atomic mass is 16.5. The number of aromatic amines is 1. The molecule has 166 valence electrons. The molecule has 1 fully saturated rings. The van der Waals surface area contributed by atoms with Crippen molar-refractivity contribution in [3.05, 3.63) is 71.9 Å². The van der Waals surface area contributed by atoms with Crippen LogP contribution < -0.4 is 10.1 Å². The van der Waals surface area contributed by atoms with Crippen molar-refractivity contribution in [2.24, 2.45) is 0 Å². The summed E-state index contributed by atoms with van der Waals surface area (Å²) >= 11 is 0. The minimum atomic E-state index is -0.562. The minimum absolute atomic E-state index is 0.0337.